The van der Waals surface area contributed by atoms with E-state index in [-0.39, 0.29) is 5.56 Å². The molecule has 6 nitrogen and oxygen atoms in total. The van der Waals surface area contributed by atoms with Gasteiger partial charge in [0.25, 0.3) is 5.56 Å². The molecule has 0 aliphatic rings. The zero-order chi connectivity index (χ0) is 13.6. The third kappa shape index (κ3) is 1.69. The maximum absolute atomic E-state index is 11.9. The molecule has 0 spiro atoms. The lowest BCUT2D eigenvalue weighted by Gasteiger charge is -2.07. The molecular formula is C13H13N5O. The topological polar surface area (TPSA) is 78.7 Å². The predicted molar refractivity (Wildman–Crippen MR) is 72.7 cm³/mol. The van der Waals surface area contributed by atoms with Crippen LogP contribution in [-0.4, -0.2) is 19.4 Å². The summed E-state index contributed by atoms with van der Waals surface area (Å²) in [6, 6.07) is 6.03. The molecule has 0 amide bonds. The smallest absolute Gasteiger partial charge is 0.282 e. The summed E-state index contributed by atoms with van der Waals surface area (Å²) in [5, 5.41) is 4.65. The molecule has 2 N–H and O–H groups in total. The van der Waals surface area contributed by atoms with Crippen LogP contribution in [0.25, 0.3) is 16.7 Å². The number of rotatable bonds is 1. The quantitative estimate of drug-likeness (QED) is 0.656. The second-order valence-electron chi connectivity index (χ2n) is 4.54. The lowest BCUT2D eigenvalue weighted by molar-refractivity contribution is 0.868. The zero-order valence-corrected chi connectivity index (χ0v) is 10.7. The number of nitrogens with zero attached hydrogens (tertiary/aromatic N) is 4. The Bertz CT molecular complexity index is 831. The lowest BCUT2D eigenvalue weighted by Crippen LogP contribution is -2.27. The fraction of sp³-hybridized carbons (Fsp3) is 0.154. The highest BCUT2D eigenvalue weighted by Crippen LogP contribution is 2.18. The van der Waals surface area contributed by atoms with E-state index in [9.17, 15) is 4.79 Å². The molecule has 0 unspecified atom stereocenters. The van der Waals surface area contributed by atoms with Crippen LogP contribution in [-0.2, 0) is 0 Å². The van der Waals surface area contributed by atoms with Gasteiger partial charge >= 0.3 is 0 Å². The Morgan fingerprint density at radius 2 is 2.05 bits per heavy atom. The van der Waals surface area contributed by atoms with Crippen molar-refractivity contribution >= 4 is 11.0 Å². The highest BCUT2D eigenvalue weighted by Gasteiger charge is 2.11. The SMILES string of the molecule is Cc1ccc(-n2ncc3c(=O)n(N)cnc32)c(C)c1. The van der Waals surface area contributed by atoms with Crippen molar-refractivity contribution < 1.29 is 0 Å². The Morgan fingerprint density at radius 1 is 1.26 bits per heavy atom. The minimum absolute atomic E-state index is 0.305. The maximum Gasteiger partial charge on any atom is 0.282 e. The third-order valence-corrected chi connectivity index (χ3v) is 3.09. The van der Waals surface area contributed by atoms with Crippen LogP contribution in [0.4, 0.5) is 0 Å². The van der Waals surface area contributed by atoms with Gasteiger partial charge in [0, 0.05) is 0 Å². The van der Waals surface area contributed by atoms with Crippen molar-refractivity contribution in [2.75, 3.05) is 5.84 Å². The molecule has 0 fully saturated rings. The summed E-state index contributed by atoms with van der Waals surface area (Å²) in [6.07, 6.45) is 2.79. The van der Waals surface area contributed by atoms with Crippen LogP contribution in [0.2, 0.25) is 0 Å². The van der Waals surface area contributed by atoms with Crippen LogP contribution >= 0.6 is 0 Å². The number of benzene rings is 1. The normalized spacial score (nSPS) is 11.1. The van der Waals surface area contributed by atoms with Gasteiger partial charge in [-0.3, -0.25) is 4.79 Å². The van der Waals surface area contributed by atoms with Crippen LogP contribution in [0.5, 0.6) is 0 Å². The first-order chi connectivity index (χ1) is 9.08. The van der Waals surface area contributed by atoms with Crippen molar-refractivity contribution in [1.29, 1.82) is 0 Å². The Hall–Kier alpha value is -2.63. The molecular weight excluding hydrogens is 242 g/mol. The highest BCUT2D eigenvalue weighted by molar-refractivity contribution is 5.75. The molecule has 2 heterocycles. The van der Waals surface area contributed by atoms with Crippen molar-refractivity contribution in [2.24, 2.45) is 0 Å². The van der Waals surface area contributed by atoms with E-state index >= 15 is 0 Å². The number of nitrogens with two attached hydrogens (primary N) is 1. The molecule has 0 saturated carbocycles. The molecule has 0 aliphatic heterocycles. The molecule has 96 valence electrons. The lowest BCUT2D eigenvalue weighted by atomic mass is 10.1. The summed E-state index contributed by atoms with van der Waals surface area (Å²) < 4.78 is 2.61. The first kappa shape index (κ1) is 11.5. The highest BCUT2D eigenvalue weighted by atomic mass is 16.1. The summed E-state index contributed by atoms with van der Waals surface area (Å²) in [7, 11) is 0. The van der Waals surface area contributed by atoms with E-state index in [0.717, 1.165) is 15.9 Å². The fourth-order valence-electron chi connectivity index (χ4n) is 2.14. The van der Waals surface area contributed by atoms with Crippen molar-refractivity contribution in [3.8, 4) is 5.69 Å². The molecule has 3 rings (SSSR count). The van der Waals surface area contributed by atoms with E-state index in [2.05, 4.69) is 16.1 Å². The molecule has 2 aromatic heterocycles. The number of hydrogen-bond acceptors (Lipinski definition) is 4. The van der Waals surface area contributed by atoms with Gasteiger partial charge in [-0.15, -0.1) is 0 Å². The van der Waals surface area contributed by atoms with E-state index in [4.69, 9.17) is 5.84 Å². The van der Waals surface area contributed by atoms with Crippen LogP contribution in [0.3, 0.4) is 0 Å². The molecule has 0 bridgehead atoms. The van der Waals surface area contributed by atoms with Gasteiger partial charge < -0.3 is 5.84 Å². The summed E-state index contributed by atoms with van der Waals surface area (Å²) in [5.41, 5.74) is 3.36. The predicted octanol–water partition coefficient (Wildman–Crippen LogP) is 0.913. The zero-order valence-electron chi connectivity index (χ0n) is 10.7. The van der Waals surface area contributed by atoms with Crippen molar-refractivity contribution in [1.82, 2.24) is 19.4 Å². The Labute approximate surface area is 109 Å². The molecule has 0 atom stereocenters. The fourth-order valence-corrected chi connectivity index (χ4v) is 2.14. The molecule has 6 heteroatoms. The molecule has 19 heavy (non-hydrogen) atoms. The van der Waals surface area contributed by atoms with E-state index in [1.165, 1.54) is 18.1 Å². The van der Waals surface area contributed by atoms with Crippen LogP contribution in [0, 0.1) is 13.8 Å². The number of aryl methyl sites for hydroxylation is 2. The van der Waals surface area contributed by atoms with Gasteiger partial charge in [0.2, 0.25) is 0 Å². The largest absolute Gasteiger partial charge is 0.335 e. The minimum atomic E-state index is -0.305. The molecule has 0 radical (unpaired) electrons. The molecule has 0 saturated heterocycles. The van der Waals surface area contributed by atoms with Crippen molar-refractivity contribution in [3.63, 3.8) is 0 Å². The number of fused-ring (bicyclic) bond motifs is 1. The number of hydrogen-bond donors (Lipinski definition) is 1. The summed E-state index contributed by atoms with van der Waals surface area (Å²) in [4.78, 5) is 16.0. The van der Waals surface area contributed by atoms with Crippen LogP contribution in [0.15, 0.2) is 35.5 Å². The Kier molecular flexibility index (Phi) is 2.38. The van der Waals surface area contributed by atoms with Gasteiger partial charge in [-0.25, -0.2) is 14.3 Å². The summed E-state index contributed by atoms with van der Waals surface area (Å²) in [5.74, 6) is 5.49. The van der Waals surface area contributed by atoms with Crippen molar-refractivity contribution in [2.45, 2.75) is 13.8 Å². The van der Waals surface area contributed by atoms with Gasteiger partial charge in [-0.2, -0.15) is 5.10 Å². The standard InChI is InChI=1S/C13H13N5O/c1-8-3-4-11(9(2)5-8)18-12-10(6-16-18)13(19)17(14)7-15-12/h3-7H,14H2,1-2H3. The van der Waals surface area contributed by atoms with Gasteiger partial charge in [-0.05, 0) is 25.5 Å². The van der Waals surface area contributed by atoms with Crippen molar-refractivity contribution in [3.05, 3.63) is 52.2 Å². The van der Waals surface area contributed by atoms with Gasteiger partial charge in [0.05, 0.1) is 11.9 Å². The Balaban J connectivity index is 2.32. The number of aromatic nitrogens is 4. The monoisotopic (exact) mass is 255 g/mol. The molecule has 0 aliphatic carbocycles. The van der Waals surface area contributed by atoms with Crippen LogP contribution in [0.1, 0.15) is 11.1 Å². The molecule has 1 aromatic carbocycles. The second kappa shape index (κ2) is 3.94. The minimum Gasteiger partial charge on any atom is -0.335 e. The first-order valence-corrected chi connectivity index (χ1v) is 5.86. The second-order valence-corrected chi connectivity index (χ2v) is 4.54. The number of nitrogen functional groups attached to an aromatic ring is 1. The molecule has 3 aromatic rings. The van der Waals surface area contributed by atoms with E-state index in [0.29, 0.717) is 11.0 Å². The third-order valence-electron chi connectivity index (χ3n) is 3.09. The van der Waals surface area contributed by atoms with Gasteiger partial charge in [0.15, 0.2) is 5.65 Å². The summed E-state index contributed by atoms with van der Waals surface area (Å²) >= 11 is 0. The van der Waals surface area contributed by atoms with E-state index < -0.39 is 0 Å². The maximum atomic E-state index is 11.9. The first-order valence-electron chi connectivity index (χ1n) is 5.86. The van der Waals surface area contributed by atoms with Crippen LogP contribution < -0.4 is 11.4 Å². The van der Waals surface area contributed by atoms with E-state index in [1.807, 2.05) is 26.0 Å². The average Bonchev–Trinajstić information content (AvgIpc) is 2.78. The van der Waals surface area contributed by atoms with E-state index in [1.54, 1.807) is 4.68 Å². The summed E-state index contributed by atoms with van der Waals surface area (Å²) in [6.45, 7) is 4.03. The average molecular weight is 255 g/mol. The van der Waals surface area contributed by atoms with Gasteiger partial charge in [-0.1, -0.05) is 17.7 Å². The van der Waals surface area contributed by atoms with Gasteiger partial charge in [0.1, 0.15) is 11.7 Å². The Morgan fingerprint density at radius 3 is 2.79 bits per heavy atom.